The van der Waals surface area contributed by atoms with E-state index in [0.717, 1.165) is 11.3 Å². The van der Waals surface area contributed by atoms with E-state index in [1.54, 1.807) is 6.07 Å². The molecule has 16 heavy (non-hydrogen) atoms. The van der Waals surface area contributed by atoms with Gasteiger partial charge in [0.25, 0.3) is 5.56 Å². The Morgan fingerprint density at radius 1 is 1.69 bits per heavy atom. The van der Waals surface area contributed by atoms with Crippen molar-refractivity contribution in [2.75, 3.05) is 5.84 Å². The van der Waals surface area contributed by atoms with Crippen LogP contribution in [0.1, 0.15) is 22.4 Å². The lowest BCUT2D eigenvalue weighted by molar-refractivity contribution is 0.0679. The van der Waals surface area contributed by atoms with Crippen molar-refractivity contribution in [1.29, 1.82) is 0 Å². The second-order valence-corrected chi connectivity index (χ2v) is 4.32. The minimum absolute atomic E-state index is 0.370. The summed E-state index contributed by atoms with van der Waals surface area (Å²) in [5.74, 6) is 3.61. The molecule has 2 aromatic heterocycles. The van der Waals surface area contributed by atoms with Gasteiger partial charge in [0, 0.05) is 4.88 Å². The molecular formula is C9H9N3O3S. The number of aromatic nitrogens is 2. The van der Waals surface area contributed by atoms with Gasteiger partial charge in [0.15, 0.2) is 0 Å². The van der Waals surface area contributed by atoms with E-state index in [-0.39, 0.29) is 0 Å². The topological polar surface area (TPSA) is 98.2 Å². The molecule has 0 atom stereocenters. The summed E-state index contributed by atoms with van der Waals surface area (Å²) in [6, 6.07) is 1.70. The molecule has 2 aromatic rings. The number of hydrogen-bond acceptors (Lipinski definition) is 5. The van der Waals surface area contributed by atoms with E-state index >= 15 is 0 Å². The summed E-state index contributed by atoms with van der Waals surface area (Å²) >= 11 is 1.31. The van der Waals surface area contributed by atoms with E-state index in [9.17, 15) is 9.59 Å². The van der Waals surface area contributed by atoms with Crippen molar-refractivity contribution in [3.05, 3.63) is 27.1 Å². The molecule has 0 bridgehead atoms. The molecule has 0 saturated carbocycles. The number of rotatable bonds is 2. The van der Waals surface area contributed by atoms with Crippen molar-refractivity contribution < 1.29 is 9.90 Å². The van der Waals surface area contributed by atoms with Crippen LogP contribution in [0.2, 0.25) is 0 Å². The molecule has 0 aromatic carbocycles. The van der Waals surface area contributed by atoms with Crippen LogP contribution in [0.15, 0.2) is 10.9 Å². The number of nitrogen functional groups attached to an aromatic ring is 1. The summed E-state index contributed by atoms with van der Waals surface area (Å²) in [5.41, 5.74) is -0.529. The van der Waals surface area contributed by atoms with E-state index < -0.39 is 17.4 Å². The minimum Gasteiger partial charge on any atom is -0.475 e. The summed E-state index contributed by atoms with van der Waals surface area (Å²) in [4.78, 5) is 27.8. The lowest BCUT2D eigenvalue weighted by atomic mass is 10.3. The zero-order valence-corrected chi connectivity index (χ0v) is 9.24. The Morgan fingerprint density at radius 2 is 2.38 bits per heavy atom. The van der Waals surface area contributed by atoms with Crippen LogP contribution in [-0.2, 0) is 6.42 Å². The number of fused-ring (bicyclic) bond motifs is 1. The summed E-state index contributed by atoms with van der Waals surface area (Å²) in [5, 5.41) is 9.19. The summed E-state index contributed by atoms with van der Waals surface area (Å²) < 4.78 is 0.566. The van der Waals surface area contributed by atoms with Gasteiger partial charge in [0.1, 0.15) is 4.83 Å². The van der Waals surface area contributed by atoms with Crippen molar-refractivity contribution in [3.63, 3.8) is 0 Å². The predicted octanol–water partition coefficient (Wildman–Crippen LogP) is 0.432. The number of carboxylic acid groups (broad SMARTS) is 1. The Labute approximate surface area is 93.9 Å². The maximum Gasteiger partial charge on any atom is 0.374 e. The van der Waals surface area contributed by atoms with Gasteiger partial charge in [-0.15, -0.1) is 11.3 Å². The molecule has 2 rings (SSSR count). The van der Waals surface area contributed by atoms with E-state index in [4.69, 9.17) is 10.9 Å². The van der Waals surface area contributed by atoms with Gasteiger partial charge in [-0.25, -0.2) is 14.5 Å². The Morgan fingerprint density at radius 3 is 2.94 bits per heavy atom. The van der Waals surface area contributed by atoms with Crippen LogP contribution < -0.4 is 11.4 Å². The molecule has 0 aliphatic carbocycles. The van der Waals surface area contributed by atoms with Crippen molar-refractivity contribution in [2.24, 2.45) is 0 Å². The Balaban J connectivity index is 2.85. The van der Waals surface area contributed by atoms with Gasteiger partial charge in [-0.2, -0.15) is 0 Å². The van der Waals surface area contributed by atoms with E-state index in [1.165, 1.54) is 11.3 Å². The zero-order chi connectivity index (χ0) is 11.9. The first-order valence-corrected chi connectivity index (χ1v) is 5.40. The first kappa shape index (κ1) is 10.6. The number of nitrogens with two attached hydrogens (primary N) is 1. The number of nitrogens with zero attached hydrogens (tertiary/aromatic N) is 2. The van der Waals surface area contributed by atoms with E-state index in [0.29, 0.717) is 14.9 Å². The van der Waals surface area contributed by atoms with Crippen LogP contribution in [0.5, 0.6) is 0 Å². The van der Waals surface area contributed by atoms with Gasteiger partial charge in [0.2, 0.25) is 5.82 Å². The molecule has 0 unspecified atom stereocenters. The standard InChI is InChI=1S/C9H9N3O3S/c1-2-4-3-5-7(16-4)11-6(9(14)15)12(10)8(5)13/h3H,2,10H2,1H3,(H,14,15). The third kappa shape index (κ3) is 1.45. The number of carbonyl (C=O) groups is 1. The minimum atomic E-state index is -1.31. The monoisotopic (exact) mass is 239 g/mol. The molecule has 6 nitrogen and oxygen atoms in total. The third-order valence-corrected chi connectivity index (χ3v) is 3.36. The first-order chi connectivity index (χ1) is 7.54. The van der Waals surface area contributed by atoms with Gasteiger partial charge in [-0.05, 0) is 12.5 Å². The van der Waals surface area contributed by atoms with Gasteiger partial charge in [-0.1, -0.05) is 6.92 Å². The molecule has 0 fully saturated rings. The van der Waals surface area contributed by atoms with Gasteiger partial charge in [-0.3, -0.25) is 4.79 Å². The Bertz CT molecular complexity index is 629. The van der Waals surface area contributed by atoms with Crippen molar-refractivity contribution in [1.82, 2.24) is 9.66 Å². The van der Waals surface area contributed by atoms with Crippen molar-refractivity contribution in [3.8, 4) is 0 Å². The van der Waals surface area contributed by atoms with Crippen LogP contribution in [0.4, 0.5) is 0 Å². The molecule has 0 aliphatic rings. The Kier molecular flexibility index (Phi) is 2.39. The average molecular weight is 239 g/mol. The highest BCUT2D eigenvalue weighted by Gasteiger charge is 2.16. The van der Waals surface area contributed by atoms with E-state index in [2.05, 4.69) is 4.98 Å². The highest BCUT2D eigenvalue weighted by Crippen LogP contribution is 2.21. The fourth-order valence-corrected chi connectivity index (χ4v) is 2.33. The van der Waals surface area contributed by atoms with Gasteiger partial charge in [0.05, 0.1) is 5.39 Å². The van der Waals surface area contributed by atoms with Crippen LogP contribution in [0, 0.1) is 0 Å². The molecule has 84 valence electrons. The predicted molar refractivity (Wildman–Crippen MR) is 60.4 cm³/mol. The molecule has 0 amide bonds. The van der Waals surface area contributed by atoms with E-state index in [1.807, 2.05) is 6.92 Å². The highest BCUT2D eigenvalue weighted by atomic mass is 32.1. The molecule has 2 heterocycles. The summed E-state index contributed by atoms with van der Waals surface area (Å²) in [7, 11) is 0. The number of thiophene rings is 1. The largest absolute Gasteiger partial charge is 0.475 e. The summed E-state index contributed by atoms with van der Waals surface area (Å²) in [6.07, 6.45) is 0.771. The van der Waals surface area contributed by atoms with Crippen molar-refractivity contribution in [2.45, 2.75) is 13.3 Å². The zero-order valence-electron chi connectivity index (χ0n) is 8.43. The fraction of sp³-hybridized carbons (Fsp3) is 0.222. The number of carboxylic acids is 1. The molecule has 0 saturated heterocycles. The third-order valence-electron chi connectivity index (χ3n) is 2.19. The van der Waals surface area contributed by atoms with Gasteiger partial charge >= 0.3 is 5.97 Å². The number of aromatic carboxylic acids is 1. The van der Waals surface area contributed by atoms with Crippen LogP contribution in [0.25, 0.3) is 10.2 Å². The molecule has 3 N–H and O–H groups in total. The fourth-order valence-electron chi connectivity index (χ4n) is 1.37. The molecule has 7 heteroatoms. The molecule has 0 spiro atoms. The summed E-state index contributed by atoms with van der Waals surface area (Å²) in [6.45, 7) is 1.95. The normalized spacial score (nSPS) is 10.8. The van der Waals surface area contributed by atoms with Gasteiger partial charge < -0.3 is 10.9 Å². The lowest BCUT2D eigenvalue weighted by Gasteiger charge is -2.01. The molecule has 0 radical (unpaired) electrons. The smallest absolute Gasteiger partial charge is 0.374 e. The maximum atomic E-state index is 11.7. The molecular weight excluding hydrogens is 230 g/mol. The van der Waals surface area contributed by atoms with Crippen molar-refractivity contribution >= 4 is 27.5 Å². The Hall–Kier alpha value is -1.89. The SMILES string of the molecule is CCc1cc2c(=O)n(N)c(C(=O)O)nc2s1. The average Bonchev–Trinajstić information content (AvgIpc) is 2.66. The second kappa shape index (κ2) is 3.60. The second-order valence-electron chi connectivity index (χ2n) is 3.20. The number of aryl methyl sites for hydroxylation is 1. The molecule has 0 aliphatic heterocycles. The van der Waals surface area contributed by atoms with Crippen LogP contribution >= 0.6 is 11.3 Å². The lowest BCUT2D eigenvalue weighted by Crippen LogP contribution is -2.33. The maximum absolute atomic E-state index is 11.7. The van der Waals surface area contributed by atoms with Crippen LogP contribution in [0.3, 0.4) is 0 Å². The first-order valence-electron chi connectivity index (χ1n) is 4.58. The van der Waals surface area contributed by atoms with Crippen LogP contribution in [-0.4, -0.2) is 20.7 Å². The highest BCUT2D eigenvalue weighted by molar-refractivity contribution is 7.18. The number of hydrogen-bond donors (Lipinski definition) is 2. The quantitative estimate of drug-likeness (QED) is 0.740.